The van der Waals surface area contributed by atoms with Gasteiger partial charge >= 0.3 is 24.3 Å². The van der Waals surface area contributed by atoms with E-state index < -0.39 is 34.3 Å². The summed E-state index contributed by atoms with van der Waals surface area (Å²) in [6.45, 7) is 4.75. The molecule has 10 nitrogen and oxygen atoms in total. The van der Waals surface area contributed by atoms with E-state index in [0.717, 1.165) is 32.5 Å². The zero-order chi connectivity index (χ0) is 26.5. The number of ether oxygens (including phenoxy) is 1. The molecule has 2 atom stereocenters. The third-order valence-electron chi connectivity index (χ3n) is 5.01. The predicted octanol–water partition coefficient (Wildman–Crippen LogP) is 0.692. The number of hydrogen-bond acceptors (Lipinski definition) is 7. The first-order valence-electron chi connectivity index (χ1n) is 9.97. The molecule has 2 N–H and O–H groups in total. The zero-order valence-corrected chi connectivity index (χ0v) is 19.2. The molecule has 1 saturated carbocycles. The van der Waals surface area contributed by atoms with Crippen LogP contribution in [0.25, 0.3) is 0 Å². The Kier molecular flexibility index (Phi) is 10.6. The van der Waals surface area contributed by atoms with Gasteiger partial charge in [0.25, 0.3) is 0 Å². The van der Waals surface area contributed by atoms with Crippen LogP contribution in [0.3, 0.4) is 0 Å². The van der Waals surface area contributed by atoms with Crippen LogP contribution in [0.5, 0.6) is 0 Å². The first-order chi connectivity index (χ1) is 15.4. The third kappa shape index (κ3) is 9.52. The minimum absolute atomic E-state index is 0.0550. The van der Waals surface area contributed by atoms with Gasteiger partial charge in [-0.2, -0.15) is 30.6 Å². The molecule has 0 bridgehead atoms. The topological polar surface area (TPSA) is 128 Å². The van der Waals surface area contributed by atoms with Crippen molar-refractivity contribution in [3.05, 3.63) is 0 Å². The second kappa shape index (κ2) is 11.8. The van der Waals surface area contributed by atoms with Gasteiger partial charge in [-0.15, -0.1) is 0 Å². The van der Waals surface area contributed by atoms with Gasteiger partial charge in [0.15, 0.2) is 0 Å². The lowest BCUT2D eigenvalue weighted by Gasteiger charge is -2.37. The standard InChI is InChI=1S/C13H25N3O3S.2C2HF3O2/c1-14(2)5-6-15-7-8-19-13-10-16(9-12(13)15)20(17,18)11-3-4-11;2*3-2(4,5)1(6)7/h11-13H,3-10H2,1-2H3;2*(H,6,7)/t12-,13+;;/m1../s1. The molecule has 3 rings (SSSR count). The van der Waals surface area contributed by atoms with Crippen molar-refractivity contribution in [3.8, 4) is 0 Å². The van der Waals surface area contributed by atoms with Crippen LogP contribution in [-0.2, 0) is 24.3 Å². The van der Waals surface area contributed by atoms with E-state index in [2.05, 4.69) is 23.9 Å². The van der Waals surface area contributed by atoms with E-state index in [-0.39, 0.29) is 17.4 Å². The summed E-state index contributed by atoms with van der Waals surface area (Å²) >= 11 is 0. The number of morpholine rings is 1. The smallest absolute Gasteiger partial charge is 0.475 e. The van der Waals surface area contributed by atoms with Crippen LogP contribution >= 0.6 is 0 Å². The molecule has 34 heavy (non-hydrogen) atoms. The molecule has 17 heteroatoms. The van der Waals surface area contributed by atoms with Gasteiger partial charge in [0.1, 0.15) is 0 Å². The molecule has 3 aliphatic rings. The molecule has 0 aromatic heterocycles. The summed E-state index contributed by atoms with van der Waals surface area (Å²) in [6, 6.07) is 0.234. The van der Waals surface area contributed by atoms with Crippen molar-refractivity contribution in [1.29, 1.82) is 0 Å². The number of sulfonamides is 1. The molecule has 2 saturated heterocycles. The molecular weight excluding hydrogens is 504 g/mol. The Labute approximate surface area is 192 Å². The van der Waals surface area contributed by atoms with E-state index in [9.17, 15) is 34.8 Å². The number of fused-ring (bicyclic) bond motifs is 1. The number of carboxylic acid groups (broad SMARTS) is 2. The maximum absolute atomic E-state index is 12.4. The lowest BCUT2D eigenvalue weighted by Crippen LogP contribution is -2.52. The quantitative estimate of drug-likeness (QED) is 0.493. The van der Waals surface area contributed by atoms with E-state index in [1.165, 1.54) is 0 Å². The number of hydrogen-bond donors (Lipinski definition) is 2. The van der Waals surface area contributed by atoms with Crippen LogP contribution in [0.1, 0.15) is 12.8 Å². The van der Waals surface area contributed by atoms with Gasteiger partial charge in [0, 0.05) is 32.7 Å². The highest BCUT2D eigenvalue weighted by Crippen LogP contribution is 2.34. The third-order valence-corrected chi connectivity index (χ3v) is 7.34. The highest BCUT2D eigenvalue weighted by atomic mass is 32.2. The van der Waals surface area contributed by atoms with Gasteiger partial charge < -0.3 is 19.8 Å². The summed E-state index contributed by atoms with van der Waals surface area (Å²) in [5.41, 5.74) is 0. The fourth-order valence-electron chi connectivity index (χ4n) is 3.12. The SMILES string of the molecule is CN(C)CCN1CCO[C@H]2CN(S(=O)(=O)C3CC3)C[C@H]21.O=C(O)C(F)(F)F.O=C(O)C(F)(F)F. The molecule has 2 aliphatic heterocycles. The molecule has 0 unspecified atom stereocenters. The summed E-state index contributed by atoms with van der Waals surface area (Å²) in [5, 5.41) is 14.1. The van der Waals surface area contributed by atoms with Crippen molar-refractivity contribution in [2.45, 2.75) is 42.6 Å². The van der Waals surface area contributed by atoms with E-state index in [0.29, 0.717) is 19.7 Å². The first kappa shape index (κ1) is 30.3. The number of carboxylic acids is 2. The molecule has 3 fully saturated rings. The number of aliphatic carboxylic acids is 2. The van der Waals surface area contributed by atoms with Crippen molar-refractivity contribution < 1.29 is 59.3 Å². The molecule has 0 radical (unpaired) electrons. The monoisotopic (exact) mass is 531 g/mol. The van der Waals surface area contributed by atoms with Crippen LogP contribution in [0.15, 0.2) is 0 Å². The summed E-state index contributed by atoms with van der Waals surface area (Å²) in [6.07, 6.45) is -8.45. The maximum Gasteiger partial charge on any atom is 0.490 e. The molecule has 0 amide bonds. The molecular formula is C17H27F6N3O7S. The molecule has 2 heterocycles. The van der Waals surface area contributed by atoms with E-state index in [1.807, 2.05) is 0 Å². The van der Waals surface area contributed by atoms with Crippen LogP contribution in [0.4, 0.5) is 26.3 Å². The van der Waals surface area contributed by atoms with Crippen molar-refractivity contribution in [1.82, 2.24) is 14.1 Å². The van der Waals surface area contributed by atoms with E-state index in [1.54, 1.807) is 4.31 Å². The second-order valence-electron chi connectivity index (χ2n) is 7.98. The summed E-state index contributed by atoms with van der Waals surface area (Å²) in [4.78, 5) is 22.4. The lowest BCUT2D eigenvalue weighted by atomic mass is 10.1. The second-order valence-corrected chi connectivity index (χ2v) is 10.2. The van der Waals surface area contributed by atoms with Crippen LogP contribution in [-0.4, -0.2) is 128 Å². The molecule has 0 aromatic rings. The van der Waals surface area contributed by atoms with Crippen molar-refractivity contribution in [2.24, 2.45) is 0 Å². The normalized spacial score (nSPS) is 23.9. The van der Waals surface area contributed by atoms with Crippen LogP contribution in [0, 0.1) is 0 Å². The van der Waals surface area contributed by atoms with E-state index >= 15 is 0 Å². The van der Waals surface area contributed by atoms with Crippen LogP contribution in [0.2, 0.25) is 0 Å². The van der Waals surface area contributed by atoms with Gasteiger partial charge in [0.2, 0.25) is 10.0 Å². The highest BCUT2D eigenvalue weighted by Gasteiger charge is 2.48. The Balaban J connectivity index is 0.000000343. The number of alkyl halides is 6. The molecule has 0 spiro atoms. The van der Waals surface area contributed by atoms with Gasteiger partial charge in [-0.25, -0.2) is 18.0 Å². The minimum atomic E-state index is -5.08. The van der Waals surface area contributed by atoms with Gasteiger partial charge in [-0.1, -0.05) is 0 Å². The number of nitrogens with zero attached hydrogens (tertiary/aromatic N) is 3. The average molecular weight is 531 g/mol. The maximum atomic E-state index is 12.4. The number of halogens is 6. The summed E-state index contributed by atoms with van der Waals surface area (Å²) in [5.74, 6) is -5.51. The van der Waals surface area contributed by atoms with Crippen molar-refractivity contribution >= 4 is 22.0 Å². The minimum Gasteiger partial charge on any atom is -0.475 e. The first-order valence-corrected chi connectivity index (χ1v) is 11.5. The number of carbonyl (C=O) groups is 2. The zero-order valence-electron chi connectivity index (χ0n) is 18.3. The Morgan fingerprint density at radius 3 is 1.85 bits per heavy atom. The van der Waals surface area contributed by atoms with Gasteiger partial charge in [-0.05, 0) is 26.9 Å². The van der Waals surface area contributed by atoms with Crippen LogP contribution < -0.4 is 0 Å². The Hall–Kier alpha value is -1.69. The fraction of sp³-hybridized carbons (Fsp3) is 0.882. The van der Waals surface area contributed by atoms with Crippen molar-refractivity contribution in [2.75, 3.05) is 53.4 Å². The molecule has 200 valence electrons. The van der Waals surface area contributed by atoms with E-state index in [4.69, 9.17) is 24.5 Å². The average Bonchev–Trinajstić information content (AvgIpc) is 3.45. The Morgan fingerprint density at radius 1 is 1.00 bits per heavy atom. The largest absolute Gasteiger partial charge is 0.490 e. The Morgan fingerprint density at radius 2 is 1.47 bits per heavy atom. The van der Waals surface area contributed by atoms with Gasteiger partial charge in [0.05, 0.1) is 24.0 Å². The summed E-state index contributed by atoms with van der Waals surface area (Å²) in [7, 11) is 1.07. The number of rotatable bonds is 5. The molecule has 0 aromatic carbocycles. The lowest BCUT2D eigenvalue weighted by molar-refractivity contribution is -0.193. The van der Waals surface area contributed by atoms with Gasteiger partial charge in [-0.3, -0.25) is 4.90 Å². The molecule has 1 aliphatic carbocycles. The fourth-order valence-corrected chi connectivity index (χ4v) is 4.98. The Bertz CT molecular complexity index is 778. The van der Waals surface area contributed by atoms with Crippen molar-refractivity contribution in [3.63, 3.8) is 0 Å². The summed E-state index contributed by atoms with van der Waals surface area (Å²) < 4.78 is 95.7. The number of likely N-dealkylation sites (N-methyl/N-ethyl adjacent to an activating group) is 1. The predicted molar refractivity (Wildman–Crippen MR) is 105 cm³/mol. The highest BCUT2D eigenvalue weighted by molar-refractivity contribution is 7.90.